The molecule has 1 N–H and O–H groups in total. The second-order valence-corrected chi connectivity index (χ2v) is 7.94. The number of para-hydroxylation sites is 1. The van der Waals surface area contributed by atoms with Crippen LogP contribution >= 0.6 is 0 Å². The van der Waals surface area contributed by atoms with Crippen LogP contribution in [0.25, 0.3) is 0 Å². The number of benzene rings is 2. The Morgan fingerprint density at radius 3 is 2.41 bits per heavy atom. The molecular formula is C18H21N3O5S. The molecule has 27 heavy (non-hydrogen) atoms. The molecule has 144 valence electrons. The third-order valence-electron chi connectivity index (χ3n) is 3.99. The zero-order chi connectivity index (χ0) is 20.0. The van der Waals surface area contributed by atoms with Crippen molar-refractivity contribution in [2.24, 2.45) is 0 Å². The molecule has 0 atom stereocenters. The average Bonchev–Trinajstić information content (AvgIpc) is 2.60. The molecule has 0 aliphatic rings. The van der Waals surface area contributed by atoms with Crippen molar-refractivity contribution >= 4 is 33.0 Å². The van der Waals surface area contributed by atoms with E-state index in [9.17, 15) is 23.3 Å². The van der Waals surface area contributed by atoms with Gasteiger partial charge >= 0.3 is 0 Å². The number of nitro benzene ring substituents is 1. The first-order valence-corrected chi connectivity index (χ1v) is 10.1. The van der Waals surface area contributed by atoms with Crippen molar-refractivity contribution < 1.29 is 18.1 Å². The highest BCUT2D eigenvalue weighted by Crippen LogP contribution is 2.25. The largest absolute Gasteiger partial charge is 0.326 e. The van der Waals surface area contributed by atoms with Gasteiger partial charge in [0.1, 0.15) is 0 Å². The first-order chi connectivity index (χ1) is 12.7. The summed E-state index contributed by atoms with van der Waals surface area (Å²) in [5.41, 5.74) is 1.21. The molecule has 0 saturated carbocycles. The van der Waals surface area contributed by atoms with E-state index < -0.39 is 14.9 Å². The molecule has 0 aliphatic heterocycles. The van der Waals surface area contributed by atoms with Gasteiger partial charge in [0.2, 0.25) is 15.9 Å². The predicted molar refractivity (Wildman–Crippen MR) is 104 cm³/mol. The Hall–Kier alpha value is -2.94. The number of nitrogens with one attached hydrogen (secondary N) is 1. The van der Waals surface area contributed by atoms with Crippen molar-refractivity contribution in [3.05, 3.63) is 64.2 Å². The molecule has 0 spiro atoms. The van der Waals surface area contributed by atoms with Gasteiger partial charge in [-0.25, -0.2) is 8.42 Å². The number of carbonyl (C=O) groups excluding carboxylic acids is 1. The maximum absolute atomic E-state index is 12.2. The van der Waals surface area contributed by atoms with Crippen LogP contribution in [0, 0.1) is 17.0 Å². The van der Waals surface area contributed by atoms with Gasteiger partial charge in [-0.05, 0) is 31.5 Å². The Morgan fingerprint density at radius 2 is 1.81 bits per heavy atom. The van der Waals surface area contributed by atoms with Crippen molar-refractivity contribution in [3.63, 3.8) is 0 Å². The maximum Gasteiger partial charge on any atom is 0.274 e. The van der Waals surface area contributed by atoms with E-state index in [0.717, 1.165) is 6.26 Å². The van der Waals surface area contributed by atoms with E-state index in [1.54, 1.807) is 43.3 Å². The molecule has 9 heteroatoms. The first-order valence-electron chi connectivity index (χ1n) is 8.27. The van der Waals surface area contributed by atoms with Crippen molar-refractivity contribution in [1.29, 1.82) is 0 Å². The molecule has 1 amide bonds. The van der Waals surface area contributed by atoms with Crippen LogP contribution in [0.15, 0.2) is 48.5 Å². The lowest BCUT2D eigenvalue weighted by Crippen LogP contribution is -2.31. The molecule has 2 aromatic rings. The van der Waals surface area contributed by atoms with Crippen LogP contribution in [0.2, 0.25) is 0 Å². The first kappa shape index (κ1) is 20.4. The zero-order valence-electron chi connectivity index (χ0n) is 15.1. The summed E-state index contributed by atoms with van der Waals surface area (Å²) in [7, 11) is -3.47. The van der Waals surface area contributed by atoms with Gasteiger partial charge in [0.15, 0.2) is 0 Å². The van der Waals surface area contributed by atoms with Crippen molar-refractivity contribution in [3.8, 4) is 0 Å². The number of rotatable bonds is 8. The van der Waals surface area contributed by atoms with Gasteiger partial charge in [0.25, 0.3) is 5.69 Å². The highest BCUT2D eigenvalue weighted by Gasteiger charge is 2.18. The molecule has 0 saturated heterocycles. The summed E-state index contributed by atoms with van der Waals surface area (Å²) in [4.78, 5) is 22.6. The summed E-state index contributed by atoms with van der Waals surface area (Å²) in [6.07, 6.45) is 1.51. The molecule has 0 bridgehead atoms. The van der Waals surface area contributed by atoms with Crippen molar-refractivity contribution in [2.75, 3.05) is 22.4 Å². The van der Waals surface area contributed by atoms with Crippen molar-refractivity contribution in [1.82, 2.24) is 0 Å². The summed E-state index contributed by atoms with van der Waals surface area (Å²) in [5.74, 6) is -0.333. The third kappa shape index (κ3) is 5.52. The monoisotopic (exact) mass is 391 g/mol. The Morgan fingerprint density at radius 1 is 1.15 bits per heavy atom. The predicted octanol–water partition coefficient (Wildman–Crippen LogP) is 3.09. The van der Waals surface area contributed by atoms with Gasteiger partial charge in [0, 0.05) is 19.0 Å². The van der Waals surface area contributed by atoms with E-state index >= 15 is 0 Å². The van der Waals surface area contributed by atoms with E-state index in [0.29, 0.717) is 23.4 Å². The lowest BCUT2D eigenvalue weighted by atomic mass is 10.1. The van der Waals surface area contributed by atoms with Crippen molar-refractivity contribution in [2.45, 2.75) is 19.8 Å². The van der Waals surface area contributed by atoms with Crippen LogP contribution in [-0.2, 0) is 14.8 Å². The summed E-state index contributed by atoms with van der Waals surface area (Å²) in [6.45, 7) is 1.72. The normalized spacial score (nSPS) is 11.0. The molecule has 2 aromatic carbocycles. The maximum atomic E-state index is 12.2. The molecule has 0 aliphatic carbocycles. The second-order valence-electron chi connectivity index (χ2n) is 6.03. The minimum atomic E-state index is -3.47. The molecular weight excluding hydrogens is 370 g/mol. The van der Waals surface area contributed by atoms with Gasteiger partial charge in [-0.15, -0.1) is 0 Å². The zero-order valence-corrected chi connectivity index (χ0v) is 15.9. The number of nitrogens with zero attached hydrogens (tertiary/aromatic N) is 2. The van der Waals surface area contributed by atoms with E-state index in [1.807, 2.05) is 0 Å². The van der Waals surface area contributed by atoms with Gasteiger partial charge < -0.3 is 5.32 Å². The fourth-order valence-corrected chi connectivity index (χ4v) is 3.60. The minimum absolute atomic E-state index is 0.0693. The van der Waals surface area contributed by atoms with Gasteiger partial charge in [0.05, 0.1) is 28.1 Å². The Bertz CT molecular complexity index is 929. The standard InChI is InChI=1S/C18H21N3O5S/c1-14-16(10-6-11-17(14)21(23)24)19-18(22)12-7-13-20(27(2,25)26)15-8-4-3-5-9-15/h3-6,8-11H,7,12-13H2,1-2H3,(H,19,22). The topological polar surface area (TPSA) is 110 Å². The smallest absolute Gasteiger partial charge is 0.274 e. The number of carbonyl (C=O) groups is 1. The minimum Gasteiger partial charge on any atom is -0.326 e. The van der Waals surface area contributed by atoms with Gasteiger partial charge in [-0.1, -0.05) is 24.3 Å². The van der Waals surface area contributed by atoms with E-state index in [1.165, 1.54) is 16.4 Å². The summed E-state index contributed by atoms with van der Waals surface area (Å²) in [6, 6.07) is 13.1. The third-order valence-corrected chi connectivity index (χ3v) is 5.18. The van der Waals surface area contributed by atoms with Gasteiger partial charge in [-0.3, -0.25) is 19.2 Å². The van der Waals surface area contributed by atoms with Crippen LogP contribution in [0.1, 0.15) is 18.4 Å². The Labute approximate surface area is 158 Å². The molecule has 8 nitrogen and oxygen atoms in total. The van der Waals surface area contributed by atoms with Crippen LogP contribution < -0.4 is 9.62 Å². The summed E-state index contributed by atoms with van der Waals surface area (Å²) >= 11 is 0. The Balaban J connectivity index is 1.99. The highest BCUT2D eigenvalue weighted by atomic mass is 32.2. The van der Waals surface area contributed by atoms with E-state index in [4.69, 9.17) is 0 Å². The molecule has 0 heterocycles. The SMILES string of the molecule is Cc1c(NC(=O)CCCN(c2ccccc2)S(C)(=O)=O)cccc1[N+](=O)[O-]. The van der Waals surface area contributed by atoms with E-state index in [2.05, 4.69) is 5.32 Å². The number of anilines is 2. The number of hydrogen-bond acceptors (Lipinski definition) is 5. The summed E-state index contributed by atoms with van der Waals surface area (Å²) < 4.78 is 25.3. The average molecular weight is 391 g/mol. The lowest BCUT2D eigenvalue weighted by molar-refractivity contribution is -0.385. The van der Waals surface area contributed by atoms with E-state index in [-0.39, 0.29) is 24.6 Å². The molecule has 0 fully saturated rings. The number of sulfonamides is 1. The van der Waals surface area contributed by atoms with Gasteiger partial charge in [-0.2, -0.15) is 0 Å². The fraction of sp³-hybridized carbons (Fsp3) is 0.278. The number of amides is 1. The second kappa shape index (κ2) is 8.63. The number of nitro groups is 1. The number of hydrogen-bond donors (Lipinski definition) is 1. The Kier molecular flexibility index (Phi) is 6.51. The molecule has 0 unspecified atom stereocenters. The van der Waals surface area contributed by atoms with Crippen LogP contribution in [0.4, 0.5) is 17.1 Å². The molecule has 0 aromatic heterocycles. The van der Waals surface area contributed by atoms with Crippen LogP contribution in [-0.4, -0.2) is 32.0 Å². The molecule has 0 radical (unpaired) electrons. The molecule has 2 rings (SSSR count). The lowest BCUT2D eigenvalue weighted by Gasteiger charge is -2.22. The van der Waals surface area contributed by atoms with Crippen LogP contribution in [0.3, 0.4) is 0 Å². The fourth-order valence-electron chi connectivity index (χ4n) is 2.63. The van der Waals surface area contributed by atoms with Crippen LogP contribution in [0.5, 0.6) is 0 Å². The quantitative estimate of drug-likeness (QED) is 0.549. The highest BCUT2D eigenvalue weighted by molar-refractivity contribution is 7.92. The summed E-state index contributed by atoms with van der Waals surface area (Å²) in [5, 5.41) is 13.6.